The number of hydrogen-bond donors (Lipinski definition) is 0. The van der Waals surface area contributed by atoms with Crippen LogP contribution in [0.5, 0.6) is 0 Å². The second-order valence-corrected chi connectivity index (χ2v) is 6.09. The van der Waals surface area contributed by atoms with Gasteiger partial charge < -0.3 is 4.42 Å². The van der Waals surface area contributed by atoms with Crippen molar-refractivity contribution in [2.75, 3.05) is 0 Å². The Morgan fingerprint density at radius 1 is 1.19 bits per heavy atom. The summed E-state index contributed by atoms with van der Waals surface area (Å²) in [6.07, 6.45) is 12.5. The third kappa shape index (κ3) is 1.37. The first-order chi connectivity index (χ1) is 7.72. The molecule has 2 aliphatic rings. The van der Waals surface area contributed by atoms with E-state index in [9.17, 15) is 0 Å². The van der Waals surface area contributed by atoms with Gasteiger partial charge in [0.15, 0.2) is 0 Å². The second-order valence-electron chi connectivity index (χ2n) is 6.09. The van der Waals surface area contributed by atoms with Crippen molar-refractivity contribution in [2.24, 2.45) is 11.3 Å². The maximum Gasteiger partial charge on any atom is 0.0940 e. The zero-order chi connectivity index (χ0) is 11.2. The molecule has 0 radical (unpaired) electrons. The van der Waals surface area contributed by atoms with E-state index in [2.05, 4.69) is 13.8 Å². The Morgan fingerprint density at radius 3 is 2.81 bits per heavy atom. The predicted octanol–water partition coefficient (Wildman–Crippen LogP) is 4.66. The van der Waals surface area contributed by atoms with Crippen LogP contribution in [-0.2, 0) is 0 Å². The van der Waals surface area contributed by atoms with E-state index in [1.807, 2.05) is 12.5 Å². The van der Waals surface area contributed by atoms with Gasteiger partial charge in [0.1, 0.15) is 0 Å². The molecule has 1 unspecified atom stereocenters. The van der Waals surface area contributed by atoms with Crippen LogP contribution in [0.3, 0.4) is 0 Å². The highest BCUT2D eigenvalue weighted by molar-refractivity contribution is 5.28. The van der Waals surface area contributed by atoms with E-state index in [-0.39, 0.29) is 0 Å². The molecule has 3 rings (SSSR count). The summed E-state index contributed by atoms with van der Waals surface area (Å²) in [6.45, 7) is 4.72. The van der Waals surface area contributed by atoms with E-state index in [0.717, 1.165) is 11.8 Å². The molecule has 1 aromatic heterocycles. The Bertz CT molecular complexity index is 379. The lowest BCUT2D eigenvalue weighted by Gasteiger charge is -2.40. The van der Waals surface area contributed by atoms with Crippen molar-refractivity contribution in [1.82, 2.24) is 0 Å². The van der Waals surface area contributed by atoms with Crippen LogP contribution >= 0.6 is 0 Å². The fraction of sp³-hybridized carbons (Fsp3) is 0.733. The minimum Gasteiger partial charge on any atom is -0.472 e. The van der Waals surface area contributed by atoms with Gasteiger partial charge in [0.25, 0.3) is 0 Å². The summed E-state index contributed by atoms with van der Waals surface area (Å²) in [6, 6.07) is 0. The molecule has 0 aromatic carbocycles. The van der Waals surface area contributed by atoms with E-state index in [1.165, 1.54) is 49.7 Å². The van der Waals surface area contributed by atoms with Crippen LogP contribution < -0.4 is 0 Å². The number of aryl methyl sites for hydroxylation is 1. The largest absolute Gasteiger partial charge is 0.472 e. The molecule has 0 amide bonds. The Hall–Kier alpha value is -0.720. The van der Waals surface area contributed by atoms with Gasteiger partial charge in [0.2, 0.25) is 0 Å². The van der Waals surface area contributed by atoms with Crippen LogP contribution in [0.4, 0.5) is 0 Å². The van der Waals surface area contributed by atoms with E-state index < -0.39 is 0 Å². The van der Waals surface area contributed by atoms with Crippen molar-refractivity contribution in [2.45, 2.75) is 58.3 Å². The summed E-state index contributed by atoms with van der Waals surface area (Å²) >= 11 is 0. The number of furan rings is 1. The molecule has 1 heterocycles. The van der Waals surface area contributed by atoms with Crippen LogP contribution in [0.15, 0.2) is 16.9 Å². The molecule has 0 aliphatic heterocycles. The van der Waals surface area contributed by atoms with Crippen molar-refractivity contribution in [3.05, 3.63) is 23.7 Å². The van der Waals surface area contributed by atoms with Gasteiger partial charge in [-0.3, -0.25) is 0 Å². The Balaban J connectivity index is 1.95. The number of fused-ring (bicyclic) bond motifs is 1. The molecule has 1 nitrogen and oxygen atoms in total. The predicted molar refractivity (Wildman–Crippen MR) is 65.5 cm³/mol. The Labute approximate surface area is 98.2 Å². The molecule has 1 heteroatoms. The molecule has 0 spiro atoms. The summed E-state index contributed by atoms with van der Waals surface area (Å²) in [4.78, 5) is 0. The monoisotopic (exact) mass is 218 g/mol. The number of rotatable bonds is 1. The lowest BCUT2D eigenvalue weighted by Crippen LogP contribution is -2.30. The minimum atomic E-state index is 0.562. The maximum absolute atomic E-state index is 5.38. The van der Waals surface area contributed by atoms with Crippen LogP contribution in [0.1, 0.15) is 62.5 Å². The highest BCUT2D eigenvalue weighted by atomic mass is 16.3. The van der Waals surface area contributed by atoms with Crippen molar-refractivity contribution in [3.8, 4) is 0 Å². The molecule has 2 saturated carbocycles. The van der Waals surface area contributed by atoms with Gasteiger partial charge in [-0.25, -0.2) is 0 Å². The highest BCUT2D eigenvalue weighted by Gasteiger charge is 2.48. The average Bonchev–Trinajstić information content (AvgIpc) is 2.81. The molecule has 0 bridgehead atoms. The average molecular weight is 218 g/mol. The molecule has 2 fully saturated rings. The zero-order valence-electron chi connectivity index (χ0n) is 10.5. The van der Waals surface area contributed by atoms with Gasteiger partial charge in [0, 0.05) is 0 Å². The van der Waals surface area contributed by atoms with Gasteiger partial charge in [-0.2, -0.15) is 0 Å². The van der Waals surface area contributed by atoms with E-state index >= 15 is 0 Å². The third-order valence-corrected chi connectivity index (χ3v) is 5.32. The van der Waals surface area contributed by atoms with E-state index in [0.29, 0.717) is 5.41 Å². The van der Waals surface area contributed by atoms with Gasteiger partial charge in [-0.05, 0) is 61.0 Å². The van der Waals surface area contributed by atoms with Gasteiger partial charge >= 0.3 is 0 Å². The molecule has 1 aromatic rings. The third-order valence-electron chi connectivity index (χ3n) is 5.32. The maximum atomic E-state index is 5.38. The van der Waals surface area contributed by atoms with Crippen LogP contribution in [-0.4, -0.2) is 0 Å². The summed E-state index contributed by atoms with van der Waals surface area (Å²) in [7, 11) is 0. The SMILES string of the molecule is Cc1cocc1C1CC[C@@H]2CCCC[C@]12C. The molecule has 0 N–H and O–H groups in total. The highest BCUT2D eigenvalue weighted by Crippen LogP contribution is 2.59. The summed E-state index contributed by atoms with van der Waals surface area (Å²) in [5, 5.41) is 0. The Morgan fingerprint density at radius 2 is 2.06 bits per heavy atom. The fourth-order valence-electron chi connectivity index (χ4n) is 4.30. The molecule has 3 atom stereocenters. The Kier molecular flexibility index (Phi) is 2.38. The van der Waals surface area contributed by atoms with Gasteiger partial charge in [-0.1, -0.05) is 19.8 Å². The quantitative estimate of drug-likeness (QED) is 0.668. The summed E-state index contributed by atoms with van der Waals surface area (Å²) in [5.41, 5.74) is 3.41. The van der Waals surface area contributed by atoms with Crippen LogP contribution in [0, 0.1) is 18.3 Å². The smallest absolute Gasteiger partial charge is 0.0940 e. The molecule has 88 valence electrons. The first-order valence-electron chi connectivity index (χ1n) is 6.74. The van der Waals surface area contributed by atoms with E-state index in [1.54, 1.807) is 0 Å². The lowest BCUT2D eigenvalue weighted by atomic mass is 9.64. The molecule has 16 heavy (non-hydrogen) atoms. The van der Waals surface area contributed by atoms with Crippen LogP contribution in [0.2, 0.25) is 0 Å². The van der Waals surface area contributed by atoms with Crippen molar-refractivity contribution in [1.29, 1.82) is 0 Å². The van der Waals surface area contributed by atoms with Crippen molar-refractivity contribution >= 4 is 0 Å². The zero-order valence-corrected chi connectivity index (χ0v) is 10.5. The number of hydrogen-bond acceptors (Lipinski definition) is 1. The first-order valence-corrected chi connectivity index (χ1v) is 6.74. The van der Waals surface area contributed by atoms with Crippen molar-refractivity contribution in [3.63, 3.8) is 0 Å². The summed E-state index contributed by atoms with van der Waals surface area (Å²) < 4.78 is 5.38. The first kappa shape index (κ1) is 10.4. The fourth-order valence-corrected chi connectivity index (χ4v) is 4.30. The van der Waals surface area contributed by atoms with Crippen molar-refractivity contribution < 1.29 is 4.42 Å². The molecular weight excluding hydrogens is 196 g/mol. The topological polar surface area (TPSA) is 13.1 Å². The minimum absolute atomic E-state index is 0.562. The second kappa shape index (κ2) is 3.65. The lowest BCUT2D eigenvalue weighted by molar-refractivity contribution is 0.132. The van der Waals surface area contributed by atoms with Gasteiger partial charge in [-0.15, -0.1) is 0 Å². The van der Waals surface area contributed by atoms with E-state index in [4.69, 9.17) is 4.42 Å². The summed E-state index contributed by atoms with van der Waals surface area (Å²) in [5.74, 6) is 1.73. The van der Waals surface area contributed by atoms with Crippen LogP contribution in [0.25, 0.3) is 0 Å². The molecule has 2 aliphatic carbocycles. The molecule has 0 saturated heterocycles. The standard InChI is InChI=1S/C15H22O/c1-11-9-16-10-13(11)14-7-6-12-5-3-4-8-15(12,14)2/h9-10,12,14H,3-8H2,1-2H3/t12-,14?,15-/m0/s1. The van der Waals surface area contributed by atoms with Gasteiger partial charge in [0.05, 0.1) is 12.5 Å². The molecular formula is C15H22O. The normalized spacial score (nSPS) is 38.6.